The monoisotopic (exact) mass is 454 g/mol. The molecule has 1 saturated carbocycles. The lowest BCUT2D eigenvalue weighted by Crippen LogP contribution is -2.37. The highest BCUT2D eigenvalue weighted by Gasteiger charge is 2.40. The second kappa shape index (κ2) is 8.00. The number of hydrogen-bond donors (Lipinski definition) is 2. The summed E-state index contributed by atoms with van der Waals surface area (Å²) in [5.74, 6) is -0.109. The summed E-state index contributed by atoms with van der Waals surface area (Å²) in [7, 11) is 0. The number of rotatable bonds is 3. The van der Waals surface area contributed by atoms with Gasteiger partial charge in [0.1, 0.15) is 11.5 Å². The molecule has 168 valence electrons. The lowest BCUT2D eigenvalue weighted by atomic mass is 9.96. The van der Waals surface area contributed by atoms with E-state index >= 15 is 0 Å². The molecule has 1 unspecified atom stereocenters. The Morgan fingerprint density at radius 2 is 1.81 bits per heavy atom. The van der Waals surface area contributed by atoms with E-state index in [-0.39, 0.29) is 39.9 Å². The van der Waals surface area contributed by atoms with Crippen LogP contribution in [-0.2, 0) is 0 Å². The van der Waals surface area contributed by atoms with Crippen molar-refractivity contribution < 1.29 is 19.8 Å². The van der Waals surface area contributed by atoms with Crippen molar-refractivity contribution in [1.82, 2.24) is 9.80 Å². The molecule has 2 amide bonds. The van der Waals surface area contributed by atoms with Crippen LogP contribution >= 0.6 is 11.6 Å². The molecule has 6 nitrogen and oxygen atoms in total. The van der Waals surface area contributed by atoms with Crippen LogP contribution in [0.25, 0.3) is 0 Å². The summed E-state index contributed by atoms with van der Waals surface area (Å²) in [6.45, 7) is 3.42. The molecule has 0 spiro atoms. The van der Waals surface area contributed by atoms with Gasteiger partial charge in [0.15, 0.2) is 0 Å². The zero-order valence-electron chi connectivity index (χ0n) is 18.1. The summed E-state index contributed by atoms with van der Waals surface area (Å²) in [6, 6.07) is 8.45. The first-order chi connectivity index (χ1) is 15.3. The molecular weight excluding hydrogens is 428 g/mol. The van der Waals surface area contributed by atoms with Gasteiger partial charge in [-0.2, -0.15) is 0 Å². The first-order valence-electron chi connectivity index (χ1n) is 11.3. The number of piperidine rings is 1. The third-order valence-corrected chi connectivity index (χ3v) is 7.66. The van der Waals surface area contributed by atoms with Crippen molar-refractivity contribution in [2.45, 2.75) is 51.1 Å². The third-order valence-electron chi connectivity index (χ3n) is 7.36. The molecule has 0 aromatic heterocycles. The average molecular weight is 455 g/mol. The Morgan fingerprint density at radius 1 is 1.00 bits per heavy atom. The van der Waals surface area contributed by atoms with E-state index in [0.29, 0.717) is 24.1 Å². The Hall–Kier alpha value is -2.73. The maximum absolute atomic E-state index is 13.2. The van der Waals surface area contributed by atoms with E-state index in [1.807, 2.05) is 30.0 Å². The fourth-order valence-electron chi connectivity index (χ4n) is 5.73. The van der Waals surface area contributed by atoms with Gasteiger partial charge in [0, 0.05) is 30.8 Å². The molecule has 2 saturated heterocycles. The van der Waals surface area contributed by atoms with Crippen LogP contribution in [0.4, 0.5) is 0 Å². The van der Waals surface area contributed by atoms with Crippen LogP contribution in [0.5, 0.6) is 11.5 Å². The van der Waals surface area contributed by atoms with E-state index in [1.54, 1.807) is 4.90 Å². The lowest BCUT2D eigenvalue weighted by Gasteiger charge is -2.29. The van der Waals surface area contributed by atoms with Crippen molar-refractivity contribution in [2.75, 3.05) is 13.1 Å². The van der Waals surface area contributed by atoms with Gasteiger partial charge in [-0.3, -0.25) is 9.59 Å². The highest BCUT2D eigenvalue weighted by atomic mass is 35.5. The molecule has 0 radical (unpaired) electrons. The number of nitrogens with zero attached hydrogens (tertiary/aromatic N) is 2. The van der Waals surface area contributed by atoms with Crippen LogP contribution in [0, 0.1) is 12.8 Å². The summed E-state index contributed by atoms with van der Waals surface area (Å²) in [4.78, 5) is 30.1. The highest BCUT2D eigenvalue weighted by Crippen LogP contribution is 2.40. The van der Waals surface area contributed by atoms with Gasteiger partial charge in [0.25, 0.3) is 11.8 Å². The Balaban J connectivity index is 1.39. The molecule has 2 heterocycles. The molecule has 2 bridgehead atoms. The summed E-state index contributed by atoms with van der Waals surface area (Å²) in [5.41, 5.74) is 2.78. The quantitative estimate of drug-likeness (QED) is 0.706. The van der Waals surface area contributed by atoms with Gasteiger partial charge >= 0.3 is 0 Å². The van der Waals surface area contributed by atoms with Crippen molar-refractivity contribution in [2.24, 2.45) is 5.92 Å². The van der Waals surface area contributed by atoms with Gasteiger partial charge in [-0.1, -0.05) is 17.7 Å². The number of amides is 2. The molecule has 1 aliphatic carbocycles. The molecule has 2 N–H and O–H groups in total. The van der Waals surface area contributed by atoms with Crippen molar-refractivity contribution in [3.8, 4) is 11.5 Å². The minimum atomic E-state index is -0.320. The van der Waals surface area contributed by atoms with Gasteiger partial charge in [-0.15, -0.1) is 0 Å². The van der Waals surface area contributed by atoms with Crippen LogP contribution in [0.1, 0.15) is 70.0 Å². The van der Waals surface area contributed by atoms with Crippen LogP contribution in [0.15, 0.2) is 30.3 Å². The molecule has 2 aromatic carbocycles. The minimum Gasteiger partial charge on any atom is -0.507 e. The second-order valence-corrected chi connectivity index (χ2v) is 9.75. The van der Waals surface area contributed by atoms with Crippen LogP contribution < -0.4 is 0 Å². The summed E-state index contributed by atoms with van der Waals surface area (Å²) >= 11 is 5.97. The van der Waals surface area contributed by atoms with Gasteiger partial charge in [0.2, 0.25) is 0 Å². The number of halogens is 1. The topological polar surface area (TPSA) is 81.1 Å². The standard InChI is InChI=1S/C25H27ClN2O4/c1-14-9-16(24(31)28-13-15-4-6-17(28)10-15)5-7-18(14)21-3-2-8-27(21)25(32)19-11-20(26)23(30)12-22(19)29/h5,7,9,11-12,15,17,21,29-30H,2-4,6,8,10,13H2,1H3/t15-,17+,21?/m0/s1. The summed E-state index contributed by atoms with van der Waals surface area (Å²) < 4.78 is 0. The van der Waals surface area contributed by atoms with E-state index in [0.717, 1.165) is 49.4 Å². The first kappa shape index (κ1) is 21.1. The second-order valence-electron chi connectivity index (χ2n) is 9.34. The van der Waals surface area contributed by atoms with Crippen molar-refractivity contribution in [1.29, 1.82) is 0 Å². The Kier molecular flexibility index (Phi) is 5.28. The van der Waals surface area contributed by atoms with Crippen LogP contribution in [0.3, 0.4) is 0 Å². The first-order valence-corrected chi connectivity index (χ1v) is 11.6. The molecular formula is C25H27ClN2O4. The number of likely N-dealkylation sites (tertiary alicyclic amines) is 2. The fourth-order valence-corrected chi connectivity index (χ4v) is 5.90. The molecule has 3 atom stereocenters. The smallest absolute Gasteiger partial charge is 0.258 e. The normalized spacial score (nSPS) is 24.4. The maximum Gasteiger partial charge on any atom is 0.258 e. The van der Waals surface area contributed by atoms with Crippen molar-refractivity contribution in [3.05, 3.63) is 57.6 Å². The number of aryl methyl sites for hydroxylation is 1. The largest absolute Gasteiger partial charge is 0.507 e. The van der Waals surface area contributed by atoms with Crippen LogP contribution in [0.2, 0.25) is 5.02 Å². The number of aromatic hydroxyl groups is 2. The number of carbonyl (C=O) groups is 2. The van der Waals surface area contributed by atoms with Gasteiger partial charge in [-0.25, -0.2) is 0 Å². The van der Waals surface area contributed by atoms with Gasteiger partial charge in [-0.05, 0) is 74.3 Å². The fraction of sp³-hybridized carbons (Fsp3) is 0.440. The van der Waals surface area contributed by atoms with Crippen molar-refractivity contribution >= 4 is 23.4 Å². The number of carbonyl (C=O) groups excluding carboxylic acids is 2. The molecule has 2 aromatic rings. The Labute approximate surface area is 192 Å². The van der Waals surface area contributed by atoms with E-state index in [9.17, 15) is 19.8 Å². The van der Waals surface area contributed by atoms with E-state index in [4.69, 9.17) is 11.6 Å². The third kappa shape index (κ3) is 3.51. The number of hydrogen-bond acceptors (Lipinski definition) is 4. The molecule has 2 aliphatic heterocycles. The predicted octanol–water partition coefficient (Wildman–Crippen LogP) is 4.66. The molecule has 7 heteroatoms. The maximum atomic E-state index is 13.2. The summed E-state index contributed by atoms with van der Waals surface area (Å²) in [6.07, 6.45) is 5.14. The molecule has 32 heavy (non-hydrogen) atoms. The van der Waals surface area contributed by atoms with E-state index < -0.39 is 0 Å². The predicted molar refractivity (Wildman–Crippen MR) is 121 cm³/mol. The van der Waals surface area contributed by atoms with Gasteiger partial charge in [0.05, 0.1) is 16.6 Å². The lowest BCUT2D eigenvalue weighted by molar-refractivity contribution is 0.0699. The van der Waals surface area contributed by atoms with E-state index in [2.05, 4.69) is 0 Å². The summed E-state index contributed by atoms with van der Waals surface area (Å²) in [5, 5.41) is 19.9. The molecule has 3 aliphatic rings. The SMILES string of the molecule is Cc1cc(C(=O)N2C[C@H]3CC[C@@H]2C3)ccc1C1CCCN1C(=O)c1cc(Cl)c(O)cc1O. The zero-order chi connectivity index (χ0) is 22.6. The zero-order valence-corrected chi connectivity index (χ0v) is 18.8. The average Bonchev–Trinajstić information content (AvgIpc) is 3.52. The van der Waals surface area contributed by atoms with Crippen molar-refractivity contribution in [3.63, 3.8) is 0 Å². The Morgan fingerprint density at radius 3 is 2.50 bits per heavy atom. The van der Waals surface area contributed by atoms with Gasteiger partial charge < -0.3 is 20.0 Å². The number of phenols is 2. The molecule has 5 rings (SSSR count). The Bertz CT molecular complexity index is 1100. The van der Waals surface area contributed by atoms with E-state index in [1.165, 1.54) is 12.5 Å². The number of phenolic OH excluding ortho intramolecular Hbond substituents is 2. The highest BCUT2D eigenvalue weighted by molar-refractivity contribution is 6.32. The number of fused-ring (bicyclic) bond motifs is 2. The molecule has 3 fully saturated rings. The van der Waals surface area contributed by atoms with Crippen LogP contribution in [-0.4, -0.2) is 51.0 Å². The minimum absolute atomic E-state index is 0.0246. The number of benzene rings is 2.